The topological polar surface area (TPSA) is 29.4 Å². The minimum absolute atomic E-state index is 0.497. The van der Waals surface area contributed by atoms with Gasteiger partial charge in [-0.15, -0.1) is 0 Å². The van der Waals surface area contributed by atoms with E-state index in [0.29, 0.717) is 0 Å². The number of isothiocyanates is 1. The molecule has 60 valence electrons. The van der Waals surface area contributed by atoms with Gasteiger partial charge in [0.25, 0.3) is 0 Å². The van der Waals surface area contributed by atoms with Gasteiger partial charge in [0.2, 0.25) is 0 Å². The molecule has 0 heterocycles. The van der Waals surface area contributed by atoms with E-state index in [1.807, 2.05) is 30.3 Å². The number of carbonyl (C=O) groups excluding carboxylic acids is 1. The van der Waals surface area contributed by atoms with Gasteiger partial charge in [0.05, 0.1) is 5.16 Å². The molecule has 0 amide bonds. The third-order valence-electron chi connectivity index (χ3n) is 1.46. The maximum atomic E-state index is 10.5. The van der Waals surface area contributed by atoms with Crippen molar-refractivity contribution in [1.29, 1.82) is 0 Å². The van der Waals surface area contributed by atoms with E-state index in [4.69, 9.17) is 0 Å². The first-order valence-corrected chi connectivity index (χ1v) is 3.86. The van der Waals surface area contributed by atoms with Crippen LogP contribution in [0, 0.1) is 0 Å². The summed E-state index contributed by atoms with van der Waals surface area (Å²) in [6.07, 6.45) is 0.745. The van der Waals surface area contributed by atoms with Crippen molar-refractivity contribution < 1.29 is 4.79 Å². The van der Waals surface area contributed by atoms with Gasteiger partial charge in [-0.1, -0.05) is 30.3 Å². The molecule has 0 fully saturated rings. The molecule has 0 aliphatic heterocycles. The van der Waals surface area contributed by atoms with Crippen molar-refractivity contribution in [3.63, 3.8) is 0 Å². The number of carbonyl (C=O) groups is 1. The largest absolute Gasteiger partial charge is 0.301 e. The number of hydrogen-bond donors (Lipinski definition) is 0. The molecule has 0 saturated carbocycles. The van der Waals surface area contributed by atoms with E-state index in [2.05, 4.69) is 22.4 Å². The molecule has 0 N–H and O–H groups in total. The molecule has 1 rings (SSSR count). The summed E-state index contributed by atoms with van der Waals surface area (Å²) < 4.78 is 0. The fourth-order valence-corrected chi connectivity index (χ4v) is 1.00. The normalized spacial score (nSPS) is 11.3. The van der Waals surface area contributed by atoms with Gasteiger partial charge < -0.3 is 4.79 Å². The Morgan fingerprint density at radius 1 is 1.42 bits per heavy atom. The average molecular weight is 177 g/mol. The first-order valence-electron chi connectivity index (χ1n) is 3.45. The fraction of sp³-hybridized carbons (Fsp3) is 0.111. The lowest BCUT2D eigenvalue weighted by molar-refractivity contribution is -0.108. The average Bonchev–Trinajstić information content (AvgIpc) is 2.15. The first kappa shape index (κ1) is 8.78. The van der Waals surface area contributed by atoms with E-state index >= 15 is 0 Å². The van der Waals surface area contributed by atoms with Crippen LogP contribution in [-0.4, -0.2) is 11.4 Å². The summed E-state index contributed by atoms with van der Waals surface area (Å²) in [5, 5.41) is 2.19. The molecule has 1 unspecified atom stereocenters. The zero-order valence-electron chi connectivity index (χ0n) is 6.31. The number of benzene rings is 1. The van der Waals surface area contributed by atoms with E-state index in [1.54, 1.807) is 0 Å². The van der Waals surface area contributed by atoms with Gasteiger partial charge in [-0.2, -0.15) is 0 Å². The fourth-order valence-electron chi connectivity index (χ4n) is 0.891. The third kappa shape index (κ3) is 2.09. The van der Waals surface area contributed by atoms with Crippen LogP contribution in [0.25, 0.3) is 0 Å². The summed E-state index contributed by atoms with van der Waals surface area (Å²) in [4.78, 5) is 14.2. The summed E-state index contributed by atoms with van der Waals surface area (Å²) in [5.41, 5.74) is 0.838. The molecular weight excluding hydrogens is 170 g/mol. The van der Waals surface area contributed by atoms with E-state index in [1.165, 1.54) is 0 Å². The highest BCUT2D eigenvalue weighted by molar-refractivity contribution is 7.78. The second-order valence-corrected chi connectivity index (χ2v) is 2.39. The van der Waals surface area contributed by atoms with Crippen molar-refractivity contribution in [3.8, 4) is 0 Å². The summed E-state index contributed by atoms with van der Waals surface area (Å²) in [6, 6.07) is 8.75. The van der Waals surface area contributed by atoms with Gasteiger partial charge in [0, 0.05) is 0 Å². The lowest BCUT2D eigenvalue weighted by Gasteiger charge is -2.01. The standard InChI is InChI=1S/C9H7NOS/c11-6-9(10-7-12)8-4-2-1-3-5-8/h1-6,9H. The predicted molar refractivity (Wildman–Crippen MR) is 50.3 cm³/mol. The summed E-state index contributed by atoms with van der Waals surface area (Å²) in [6.45, 7) is 0. The molecule has 1 aromatic carbocycles. The second-order valence-electron chi connectivity index (χ2n) is 2.21. The van der Waals surface area contributed by atoms with E-state index in [9.17, 15) is 4.79 Å². The Morgan fingerprint density at radius 3 is 2.58 bits per heavy atom. The number of rotatable bonds is 3. The zero-order chi connectivity index (χ0) is 8.81. The van der Waals surface area contributed by atoms with Gasteiger partial charge in [0.15, 0.2) is 0 Å². The van der Waals surface area contributed by atoms with Gasteiger partial charge in [-0.25, -0.2) is 4.99 Å². The van der Waals surface area contributed by atoms with E-state index in [-0.39, 0.29) is 0 Å². The maximum Gasteiger partial charge on any atom is 0.149 e. The molecule has 0 spiro atoms. The molecule has 0 saturated heterocycles. The van der Waals surface area contributed by atoms with Crippen LogP contribution in [0.3, 0.4) is 0 Å². The smallest absolute Gasteiger partial charge is 0.149 e. The third-order valence-corrected chi connectivity index (χ3v) is 1.57. The molecule has 12 heavy (non-hydrogen) atoms. The SMILES string of the molecule is O=CC(N=C=S)c1ccccc1. The van der Waals surface area contributed by atoms with Gasteiger partial charge >= 0.3 is 0 Å². The second kappa shape index (κ2) is 4.54. The Hall–Kier alpha value is -1.31. The van der Waals surface area contributed by atoms with Crippen molar-refractivity contribution in [2.75, 3.05) is 0 Å². The minimum atomic E-state index is -0.497. The Bertz CT molecular complexity index is 304. The van der Waals surface area contributed by atoms with Crippen LogP contribution in [0.4, 0.5) is 0 Å². The van der Waals surface area contributed by atoms with Gasteiger partial charge in [0.1, 0.15) is 12.3 Å². The molecule has 1 aromatic rings. The molecule has 2 nitrogen and oxygen atoms in total. The highest BCUT2D eigenvalue weighted by atomic mass is 32.1. The van der Waals surface area contributed by atoms with Crippen molar-refractivity contribution >= 4 is 23.7 Å². The number of nitrogens with zero attached hydrogens (tertiary/aromatic N) is 1. The van der Waals surface area contributed by atoms with Crippen LogP contribution in [0.5, 0.6) is 0 Å². The van der Waals surface area contributed by atoms with Gasteiger partial charge in [-0.05, 0) is 17.8 Å². The highest BCUT2D eigenvalue weighted by Gasteiger charge is 2.05. The molecule has 3 heteroatoms. The molecule has 0 aliphatic rings. The monoisotopic (exact) mass is 177 g/mol. The number of aliphatic imine (C=N–C) groups is 1. The van der Waals surface area contributed by atoms with Crippen LogP contribution in [0.1, 0.15) is 11.6 Å². The number of thiocarbonyl (C=S) groups is 1. The van der Waals surface area contributed by atoms with Crippen molar-refractivity contribution in [1.82, 2.24) is 0 Å². The van der Waals surface area contributed by atoms with Crippen LogP contribution >= 0.6 is 12.2 Å². The molecule has 0 aromatic heterocycles. The zero-order valence-corrected chi connectivity index (χ0v) is 7.12. The molecule has 0 radical (unpaired) electrons. The molecule has 0 aliphatic carbocycles. The van der Waals surface area contributed by atoms with Crippen molar-refractivity contribution in [3.05, 3.63) is 35.9 Å². The molecule has 1 atom stereocenters. The first-order chi connectivity index (χ1) is 5.88. The Morgan fingerprint density at radius 2 is 2.08 bits per heavy atom. The Labute approximate surface area is 75.9 Å². The lowest BCUT2D eigenvalue weighted by Crippen LogP contribution is -1.94. The quantitative estimate of drug-likeness (QED) is 0.401. The predicted octanol–water partition coefficient (Wildman–Crippen LogP) is 2.03. The van der Waals surface area contributed by atoms with Crippen LogP contribution in [0.15, 0.2) is 35.3 Å². The van der Waals surface area contributed by atoms with E-state index < -0.39 is 6.04 Å². The maximum absolute atomic E-state index is 10.5. The van der Waals surface area contributed by atoms with E-state index in [0.717, 1.165) is 11.8 Å². The van der Waals surface area contributed by atoms with Crippen LogP contribution in [0.2, 0.25) is 0 Å². The number of aldehydes is 1. The molecule has 0 bridgehead atoms. The highest BCUT2D eigenvalue weighted by Crippen LogP contribution is 2.12. The van der Waals surface area contributed by atoms with Crippen molar-refractivity contribution in [2.24, 2.45) is 4.99 Å². The molecular formula is C9H7NOS. The van der Waals surface area contributed by atoms with Crippen LogP contribution in [-0.2, 0) is 4.79 Å². The van der Waals surface area contributed by atoms with Gasteiger partial charge in [-0.3, -0.25) is 0 Å². The summed E-state index contributed by atoms with van der Waals surface area (Å²) in [7, 11) is 0. The van der Waals surface area contributed by atoms with Crippen molar-refractivity contribution in [2.45, 2.75) is 6.04 Å². The Kier molecular flexibility index (Phi) is 3.33. The van der Waals surface area contributed by atoms with Crippen LogP contribution < -0.4 is 0 Å². The summed E-state index contributed by atoms with van der Waals surface area (Å²) >= 11 is 4.42. The minimum Gasteiger partial charge on any atom is -0.301 e. The number of hydrogen-bond acceptors (Lipinski definition) is 3. The summed E-state index contributed by atoms with van der Waals surface area (Å²) in [5.74, 6) is 0. The Balaban J connectivity index is 2.94. The lowest BCUT2D eigenvalue weighted by atomic mass is 10.1.